The molecule has 2 aromatic rings. The van der Waals surface area contributed by atoms with Gasteiger partial charge < -0.3 is 15.2 Å². The molecule has 0 spiro atoms. The van der Waals surface area contributed by atoms with Crippen molar-refractivity contribution in [3.63, 3.8) is 0 Å². The summed E-state index contributed by atoms with van der Waals surface area (Å²) in [5, 5.41) is 21.2. The number of rotatable bonds is 3. The van der Waals surface area contributed by atoms with Crippen molar-refractivity contribution in [1.82, 2.24) is 0 Å². The fourth-order valence-electron chi connectivity index (χ4n) is 2.59. The van der Waals surface area contributed by atoms with Gasteiger partial charge in [0, 0.05) is 12.1 Å². The van der Waals surface area contributed by atoms with Crippen molar-refractivity contribution in [2.45, 2.75) is 19.4 Å². The van der Waals surface area contributed by atoms with E-state index in [0.29, 0.717) is 5.69 Å². The summed E-state index contributed by atoms with van der Waals surface area (Å²) in [5.74, 6) is 0.471. The molecule has 1 aliphatic heterocycles. The van der Waals surface area contributed by atoms with E-state index in [9.17, 15) is 15.2 Å². The van der Waals surface area contributed by atoms with Gasteiger partial charge in [0.2, 0.25) is 0 Å². The van der Waals surface area contributed by atoms with Crippen molar-refractivity contribution < 1.29 is 14.6 Å². The number of nitriles is 1. The first-order valence-corrected chi connectivity index (χ1v) is 7.57. The van der Waals surface area contributed by atoms with E-state index in [0.717, 1.165) is 23.3 Å². The number of fused-ring (bicyclic) bond motifs is 1. The SMILES string of the molecule is C[C@@H]1Cc2cc(/C=C(\C#N)C(=O)Nc3ccc(O)cc3)ccc2O1. The van der Waals surface area contributed by atoms with Gasteiger partial charge in [0.15, 0.2) is 0 Å². The fraction of sp³-hybridized carbons (Fsp3) is 0.158. The number of benzene rings is 2. The van der Waals surface area contributed by atoms with Crippen LogP contribution in [0.15, 0.2) is 48.0 Å². The number of hydrogen-bond donors (Lipinski definition) is 2. The van der Waals surface area contributed by atoms with Crippen molar-refractivity contribution in [3.8, 4) is 17.6 Å². The van der Waals surface area contributed by atoms with Crippen molar-refractivity contribution in [1.29, 1.82) is 5.26 Å². The van der Waals surface area contributed by atoms with E-state index in [1.807, 2.05) is 31.2 Å². The minimum atomic E-state index is -0.492. The van der Waals surface area contributed by atoms with Gasteiger partial charge in [-0.2, -0.15) is 5.26 Å². The first kappa shape index (κ1) is 15.6. The number of hydrogen-bond acceptors (Lipinski definition) is 4. The second kappa shape index (κ2) is 6.47. The monoisotopic (exact) mass is 320 g/mol. The van der Waals surface area contributed by atoms with Crippen LogP contribution in [0.5, 0.6) is 11.5 Å². The average Bonchev–Trinajstić information content (AvgIpc) is 2.94. The number of phenolic OH excluding ortho intramolecular Hbond substituents is 1. The third-order valence-electron chi connectivity index (χ3n) is 3.72. The molecule has 1 amide bonds. The Morgan fingerprint density at radius 3 is 2.79 bits per heavy atom. The largest absolute Gasteiger partial charge is 0.508 e. The molecule has 2 N–H and O–H groups in total. The zero-order valence-corrected chi connectivity index (χ0v) is 13.1. The van der Waals surface area contributed by atoms with E-state index < -0.39 is 5.91 Å². The molecule has 24 heavy (non-hydrogen) atoms. The fourth-order valence-corrected chi connectivity index (χ4v) is 2.59. The van der Waals surface area contributed by atoms with Crippen LogP contribution in [0.3, 0.4) is 0 Å². The van der Waals surface area contributed by atoms with E-state index in [-0.39, 0.29) is 17.4 Å². The Balaban J connectivity index is 1.79. The number of aromatic hydroxyl groups is 1. The average molecular weight is 320 g/mol. The predicted octanol–water partition coefficient (Wildman–Crippen LogP) is 3.26. The summed E-state index contributed by atoms with van der Waals surface area (Å²) < 4.78 is 5.64. The van der Waals surface area contributed by atoms with Gasteiger partial charge in [-0.25, -0.2) is 0 Å². The van der Waals surface area contributed by atoms with Crippen LogP contribution in [-0.2, 0) is 11.2 Å². The Morgan fingerprint density at radius 1 is 1.33 bits per heavy atom. The molecule has 120 valence electrons. The molecule has 0 fully saturated rings. The van der Waals surface area contributed by atoms with Crippen LogP contribution in [0, 0.1) is 11.3 Å². The van der Waals surface area contributed by atoms with Gasteiger partial charge in [-0.05, 0) is 60.5 Å². The first-order chi connectivity index (χ1) is 11.5. The van der Waals surface area contributed by atoms with Crippen LogP contribution in [0.2, 0.25) is 0 Å². The number of anilines is 1. The molecule has 0 aliphatic carbocycles. The molecule has 1 heterocycles. The molecule has 0 saturated carbocycles. The minimum absolute atomic E-state index is 0.00925. The molecular weight excluding hydrogens is 304 g/mol. The maximum absolute atomic E-state index is 12.2. The number of carbonyl (C=O) groups is 1. The van der Waals surface area contributed by atoms with Gasteiger partial charge in [-0.3, -0.25) is 4.79 Å². The summed E-state index contributed by atoms with van der Waals surface area (Å²) in [5.41, 5.74) is 2.38. The minimum Gasteiger partial charge on any atom is -0.508 e. The molecule has 0 unspecified atom stereocenters. The zero-order chi connectivity index (χ0) is 17.1. The van der Waals surface area contributed by atoms with Crippen LogP contribution in [0.4, 0.5) is 5.69 Å². The standard InChI is InChI=1S/C19H16N2O3/c1-12-8-14-9-13(2-7-18(14)24-12)10-15(11-20)19(23)21-16-3-5-17(22)6-4-16/h2-7,9-10,12,22H,8H2,1H3,(H,21,23)/b15-10+/t12-/m1/s1. The molecule has 0 aromatic heterocycles. The van der Waals surface area contributed by atoms with Gasteiger partial charge in [0.25, 0.3) is 5.91 Å². The second-order valence-corrected chi connectivity index (χ2v) is 5.67. The number of phenols is 1. The number of amides is 1. The van der Waals surface area contributed by atoms with Crippen molar-refractivity contribution >= 4 is 17.7 Å². The maximum atomic E-state index is 12.2. The Kier molecular flexibility index (Phi) is 4.21. The topological polar surface area (TPSA) is 82.4 Å². The predicted molar refractivity (Wildman–Crippen MR) is 90.6 cm³/mol. The highest BCUT2D eigenvalue weighted by atomic mass is 16.5. The molecule has 5 heteroatoms. The summed E-state index contributed by atoms with van der Waals surface area (Å²) in [6.07, 6.45) is 2.52. The van der Waals surface area contributed by atoms with Gasteiger partial charge in [0.05, 0.1) is 0 Å². The molecule has 0 saturated heterocycles. The van der Waals surface area contributed by atoms with Crippen molar-refractivity contribution in [3.05, 3.63) is 59.2 Å². The van der Waals surface area contributed by atoms with E-state index in [2.05, 4.69) is 5.32 Å². The lowest BCUT2D eigenvalue weighted by Crippen LogP contribution is -2.13. The lowest BCUT2D eigenvalue weighted by atomic mass is 10.0. The highest BCUT2D eigenvalue weighted by molar-refractivity contribution is 6.09. The van der Waals surface area contributed by atoms with Crippen LogP contribution in [0.1, 0.15) is 18.1 Å². The lowest BCUT2D eigenvalue weighted by Gasteiger charge is -2.05. The highest BCUT2D eigenvalue weighted by Gasteiger charge is 2.19. The molecule has 0 radical (unpaired) electrons. The van der Waals surface area contributed by atoms with Crippen molar-refractivity contribution in [2.24, 2.45) is 0 Å². The van der Waals surface area contributed by atoms with Crippen LogP contribution in [0.25, 0.3) is 6.08 Å². The highest BCUT2D eigenvalue weighted by Crippen LogP contribution is 2.30. The van der Waals surface area contributed by atoms with E-state index in [4.69, 9.17) is 4.74 Å². The molecular formula is C19H16N2O3. The number of carbonyl (C=O) groups excluding carboxylic acids is 1. The Morgan fingerprint density at radius 2 is 2.08 bits per heavy atom. The van der Waals surface area contributed by atoms with Gasteiger partial charge in [-0.1, -0.05) is 6.07 Å². The molecule has 1 aliphatic rings. The summed E-state index contributed by atoms with van der Waals surface area (Å²) in [6, 6.07) is 13.6. The Labute approximate surface area is 139 Å². The van der Waals surface area contributed by atoms with Crippen molar-refractivity contribution in [2.75, 3.05) is 5.32 Å². The van der Waals surface area contributed by atoms with E-state index in [1.54, 1.807) is 18.2 Å². The summed E-state index contributed by atoms with van der Waals surface area (Å²) in [4.78, 5) is 12.2. The number of nitrogens with one attached hydrogen (secondary N) is 1. The van der Waals surface area contributed by atoms with Crippen LogP contribution >= 0.6 is 0 Å². The molecule has 0 bridgehead atoms. The lowest BCUT2D eigenvalue weighted by molar-refractivity contribution is -0.112. The maximum Gasteiger partial charge on any atom is 0.266 e. The van der Waals surface area contributed by atoms with Gasteiger partial charge in [-0.15, -0.1) is 0 Å². The van der Waals surface area contributed by atoms with E-state index in [1.165, 1.54) is 12.1 Å². The normalized spacial score (nSPS) is 16.0. The molecule has 3 rings (SSSR count). The summed E-state index contributed by atoms with van der Waals surface area (Å²) in [7, 11) is 0. The van der Waals surface area contributed by atoms with Crippen LogP contribution < -0.4 is 10.1 Å². The summed E-state index contributed by atoms with van der Waals surface area (Å²) >= 11 is 0. The zero-order valence-electron chi connectivity index (χ0n) is 13.1. The third-order valence-corrected chi connectivity index (χ3v) is 3.72. The van der Waals surface area contributed by atoms with Crippen LogP contribution in [-0.4, -0.2) is 17.1 Å². The van der Waals surface area contributed by atoms with E-state index >= 15 is 0 Å². The Hall–Kier alpha value is -3.26. The first-order valence-electron chi connectivity index (χ1n) is 7.57. The molecule has 1 atom stereocenters. The second-order valence-electron chi connectivity index (χ2n) is 5.67. The number of nitrogens with zero attached hydrogens (tertiary/aromatic N) is 1. The smallest absolute Gasteiger partial charge is 0.266 e. The van der Waals surface area contributed by atoms with Gasteiger partial charge >= 0.3 is 0 Å². The summed E-state index contributed by atoms with van der Waals surface area (Å²) in [6.45, 7) is 2.00. The Bertz CT molecular complexity index is 848. The quantitative estimate of drug-likeness (QED) is 0.516. The molecule has 5 nitrogen and oxygen atoms in total. The number of ether oxygens (including phenoxy) is 1. The van der Waals surface area contributed by atoms with Gasteiger partial charge in [0.1, 0.15) is 29.2 Å². The third kappa shape index (κ3) is 3.39. The molecule has 2 aromatic carbocycles.